The maximum absolute atomic E-state index is 11.8. The first kappa shape index (κ1) is 18.1. The molecule has 0 aliphatic heterocycles. The summed E-state index contributed by atoms with van der Waals surface area (Å²) < 4.78 is 4.78. The van der Waals surface area contributed by atoms with Crippen LogP contribution in [-0.2, 0) is 20.9 Å². The van der Waals surface area contributed by atoms with Crippen LogP contribution in [0, 0.1) is 0 Å². The number of ether oxygens (including phenoxy) is 1. The first-order chi connectivity index (χ1) is 10.5. The van der Waals surface area contributed by atoms with E-state index in [-0.39, 0.29) is 24.7 Å². The Kier molecular flexibility index (Phi) is 8.17. The number of carbonyl (C=O) groups excluding carboxylic acids is 2. The van der Waals surface area contributed by atoms with E-state index in [1.165, 1.54) is 7.11 Å². The number of hydrazone groups is 1. The summed E-state index contributed by atoms with van der Waals surface area (Å²) in [6.45, 7) is 2.36. The third-order valence-electron chi connectivity index (χ3n) is 2.75. The van der Waals surface area contributed by atoms with Crippen LogP contribution in [0.3, 0.4) is 0 Å². The third-order valence-corrected chi connectivity index (χ3v) is 3.12. The summed E-state index contributed by atoms with van der Waals surface area (Å²) in [6.07, 6.45) is 0.334. The van der Waals surface area contributed by atoms with Crippen molar-refractivity contribution in [2.75, 3.05) is 13.7 Å². The molecule has 1 rings (SSSR count). The number of nitrogens with one attached hydrogen (secondary N) is 2. The molecule has 0 bridgehead atoms. The van der Waals surface area contributed by atoms with E-state index in [9.17, 15) is 9.59 Å². The van der Waals surface area contributed by atoms with Gasteiger partial charge in [0.2, 0.25) is 11.8 Å². The van der Waals surface area contributed by atoms with Gasteiger partial charge in [-0.2, -0.15) is 5.10 Å². The zero-order valence-corrected chi connectivity index (χ0v) is 13.4. The third kappa shape index (κ3) is 7.19. The molecule has 0 fully saturated rings. The fourth-order valence-corrected chi connectivity index (χ4v) is 1.78. The summed E-state index contributed by atoms with van der Waals surface area (Å²) in [7, 11) is 1.52. The van der Waals surface area contributed by atoms with E-state index in [0.29, 0.717) is 23.9 Å². The van der Waals surface area contributed by atoms with Gasteiger partial charge in [0.05, 0.1) is 19.4 Å². The van der Waals surface area contributed by atoms with Crippen LogP contribution >= 0.6 is 11.6 Å². The van der Waals surface area contributed by atoms with Gasteiger partial charge >= 0.3 is 0 Å². The van der Waals surface area contributed by atoms with Crippen LogP contribution in [0.4, 0.5) is 0 Å². The smallest absolute Gasteiger partial charge is 0.242 e. The first-order valence-electron chi connectivity index (χ1n) is 6.84. The summed E-state index contributed by atoms with van der Waals surface area (Å²) in [5, 5.41) is 7.23. The molecule has 0 aliphatic carbocycles. The molecule has 7 heteroatoms. The van der Waals surface area contributed by atoms with Crippen LogP contribution in [0.2, 0.25) is 5.02 Å². The standard InChI is InChI=1S/C15H20ClN3O3/c1-11(18-19-14(20)7-8-22-2)9-15(21)17-10-12-5-3-4-6-13(12)16/h3-6H,7-10H2,1-2H3,(H,17,21)(H,19,20)/b18-11-. The Morgan fingerprint density at radius 1 is 1.27 bits per heavy atom. The maximum Gasteiger partial charge on any atom is 0.242 e. The molecular formula is C15H20ClN3O3. The Labute approximate surface area is 134 Å². The van der Waals surface area contributed by atoms with Gasteiger partial charge in [0.25, 0.3) is 0 Å². The summed E-state index contributed by atoms with van der Waals surface area (Å²) in [4.78, 5) is 23.1. The minimum atomic E-state index is -0.252. The monoisotopic (exact) mass is 325 g/mol. The molecule has 0 radical (unpaired) electrons. The van der Waals surface area contributed by atoms with Gasteiger partial charge in [-0.3, -0.25) is 9.59 Å². The van der Waals surface area contributed by atoms with E-state index >= 15 is 0 Å². The van der Waals surface area contributed by atoms with E-state index in [1.807, 2.05) is 18.2 Å². The predicted molar refractivity (Wildman–Crippen MR) is 85.7 cm³/mol. The zero-order chi connectivity index (χ0) is 16.4. The molecule has 0 unspecified atom stereocenters. The molecule has 2 N–H and O–H groups in total. The molecule has 1 aromatic rings. The fourth-order valence-electron chi connectivity index (χ4n) is 1.58. The SMILES string of the molecule is COCCC(=O)N/N=C(/C)CC(=O)NCc1ccccc1Cl. The number of amides is 2. The van der Waals surface area contributed by atoms with Crippen molar-refractivity contribution in [1.82, 2.24) is 10.7 Å². The van der Waals surface area contributed by atoms with Crippen molar-refractivity contribution >= 4 is 29.1 Å². The minimum absolute atomic E-state index is 0.106. The van der Waals surface area contributed by atoms with Crippen LogP contribution in [0.15, 0.2) is 29.4 Å². The van der Waals surface area contributed by atoms with Crippen LogP contribution < -0.4 is 10.7 Å². The number of methoxy groups -OCH3 is 1. The lowest BCUT2D eigenvalue weighted by Crippen LogP contribution is -2.26. The quantitative estimate of drug-likeness (QED) is 0.565. The second kappa shape index (κ2) is 9.92. The lowest BCUT2D eigenvalue weighted by Gasteiger charge is -2.07. The van der Waals surface area contributed by atoms with Crippen molar-refractivity contribution in [3.05, 3.63) is 34.9 Å². The van der Waals surface area contributed by atoms with Gasteiger partial charge in [0.15, 0.2) is 0 Å². The van der Waals surface area contributed by atoms with Crippen molar-refractivity contribution in [3.63, 3.8) is 0 Å². The number of rotatable bonds is 8. The number of carbonyl (C=O) groups is 2. The van der Waals surface area contributed by atoms with Crippen LogP contribution in [0.1, 0.15) is 25.3 Å². The second-order valence-corrected chi connectivity index (χ2v) is 5.08. The Hall–Kier alpha value is -1.92. The molecule has 2 amide bonds. The molecule has 6 nitrogen and oxygen atoms in total. The van der Waals surface area contributed by atoms with Gasteiger partial charge < -0.3 is 10.1 Å². The molecule has 0 heterocycles. The minimum Gasteiger partial charge on any atom is -0.384 e. The number of halogens is 1. The highest BCUT2D eigenvalue weighted by atomic mass is 35.5. The summed E-state index contributed by atoms with van der Waals surface area (Å²) in [6, 6.07) is 7.30. The van der Waals surface area contributed by atoms with Crippen LogP contribution in [0.5, 0.6) is 0 Å². The van der Waals surface area contributed by atoms with E-state index in [4.69, 9.17) is 16.3 Å². The first-order valence-corrected chi connectivity index (χ1v) is 7.21. The lowest BCUT2D eigenvalue weighted by molar-refractivity contribution is -0.122. The number of nitrogens with zero attached hydrogens (tertiary/aromatic N) is 1. The molecule has 0 aromatic heterocycles. The zero-order valence-electron chi connectivity index (χ0n) is 12.7. The summed E-state index contributed by atoms with van der Waals surface area (Å²) >= 11 is 6.01. The topological polar surface area (TPSA) is 79.8 Å². The van der Waals surface area contributed by atoms with Crippen LogP contribution in [0.25, 0.3) is 0 Å². The van der Waals surface area contributed by atoms with Gasteiger partial charge in [-0.15, -0.1) is 0 Å². The molecular weight excluding hydrogens is 306 g/mol. The van der Waals surface area contributed by atoms with Crippen molar-refractivity contribution in [2.24, 2.45) is 5.10 Å². The molecule has 0 spiro atoms. The number of benzene rings is 1. The molecule has 0 atom stereocenters. The highest BCUT2D eigenvalue weighted by Crippen LogP contribution is 2.14. The molecule has 1 aromatic carbocycles. The number of hydrogen-bond donors (Lipinski definition) is 2. The van der Waals surface area contributed by atoms with Crippen molar-refractivity contribution in [2.45, 2.75) is 26.3 Å². The average Bonchev–Trinajstić information content (AvgIpc) is 2.50. The average molecular weight is 326 g/mol. The Bertz CT molecular complexity index is 547. The molecule has 120 valence electrons. The molecule has 22 heavy (non-hydrogen) atoms. The maximum atomic E-state index is 11.8. The van der Waals surface area contributed by atoms with Crippen LogP contribution in [-0.4, -0.2) is 31.2 Å². The summed E-state index contributed by atoms with van der Waals surface area (Å²) in [5.74, 6) is -0.440. The predicted octanol–water partition coefficient (Wildman–Crippen LogP) is 1.87. The highest BCUT2D eigenvalue weighted by molar-refractivity contribution is 6.31. The Morgan fingerprint density at radius 2 is 2.00 bits per heavy atom. The largest absolute Gasteiger partial charge is 0.384 e. The normalized spacial score (nSPS) is 11.1. The number of hydrogen-bond acceptors (Lipinski definition) is 4. The lowest BCUT2D eigenvalue weighted by atomic mass is 10.2. The van der Waals surface area contributed by atoms with Crippen molar-refractivity contribution in [3.8, 4) is 0 Å². The van der Waals surface area contributed by atoms with Gasteiger partial charge in [0, 0.05) is 24.4 Å². The Morgan fingerprint density at radius 3 is 2.68 bits per heavy atom. The second-order valence-electron chi connectivity index (χ2n) is 4.67. The van der Waals surface area contributed by atoms with Gasteiger partial charge in [-0.25, -0.2) is 5.43 Å². The van der Waals surface area contributed by atoms with Gasteiger partial charge in [-0.05, 0) is 18.6 Å². The van der Waals surface area contributed by atoms with E-state index < -0.39 is 0 Å². The van der Waals surface area contributed by atoms with E-state index in [1.54, 1.807) is 13.0 Å². The van der Waals surface area contributed by atoms with E-state index in [2.05, 4.69) is 15.8 Å². The fraction of sp³-hybridized carbons (Fsp3) is 0.400. The van der Waals surface area contributed by atoms with Crippen molar-refractivity contribution < 1.29 is 14.3 Å². The molecule has 0 aliphatic rings. The molecule has 0 saturated heterocycles. The summed E-state index contributed by atoms with van der Waals surface area (Å²) in [5.41, 5.74) is 3.74. The van der Waals surface area contributed by atoms with Gasteiger partial charge in [-0.1, -0.05) is 29.8 Å². The highest BCUT2D eigenvalue weighted by Gasteiger charge is 2.06. The van der Waals surface area contributed by atoms with Gasteiger partial charge in [0.1, 0.15) is 0 Å². The van der Waals surface area contributed by atoms with Crippen molar-refractivity contribution in [1.29, 1.82) is 0 Å². The van der Waals surface area contributed by atoms with E-state index in [0.717, 1.165) is 5.56 Å². The Balaban J connectivity index is 2.35. The molecule has 0 saturated carbocycles.